The zero-order valence-electron chi connectivity index (χ0n) is 14.7. The summed E-state index contributed by atoms with van der Waals surface area (Å²) >= 11 is 0. The highest BCUT2D eigenvalue weighted by molar-refractivity contribution is 14.0. The molecule has 2 atom stereocenters. The zero-order valence-corrected chi connectivity index (χ0v) is 17.0. The third kappa shape index (κ3) is 4.69. The molecule has 0 bridgehead atoms. The lowest BCUT2D eigenvalue weighted by atomic mass is 10.1. The van der Waals surface area contributed by atoms with E-state index in [9.17, 15) is 8.78 Å². The summed E-state index contributed by atoms with van der Waals surface area (Å²) in [6.07, 6.45) is 4.22. The summed E-state index contributed by atoms with van der Waals surface area (Å²) in [7, 11) is 0. The smallest absolute Gasteiger partial charge is 0.387 e. The Balaban J connectivity index is 0.00000210. The van der Waals surface area contributed by atoms with Crippen LogP contribution >= 0.6 is 24.0 Å². The molecule has 0 aromatic heterocycles. The largest absolute Gasteiger partial charge is 0.435 e. The number of aryl methyl sites for hydroxylation is 2. The molecule has 1 fully saturated rings. The van der Waals surface area contributed by atoms with Gasteiger partial charge in [-0.25, -0.2) is 4.99 Å². The molecule has 0 spiro atoms. The number of rotatable bonds is 5. The summed E-state index contributed by atoms with van der Waals surface area (Å²) in [5.74, 6) is 0.628. The number of nitrogens with zero attached hydrogens (tertiary/aromatic N) is 1. The first-order chi connectivity index (χ1) is 12.6. The van der Waals surface area contributed by atoms with Gasteiger partial charge in [0, 0.05) is 11.6 Å². The number of ether oxygens (including phenoxy) is 1. The van der Waals surface area contributed by atoms with Gasteiger partial charge in [0.25, 0.3) is 0 Å². The number of nitrogens with two attached hydrogens (primary N) is 1. The van der Waals surface area contributed by atoms with Crippen molar-refractivity contribution in [3.8, 4) is 5.75 Å². The van der Waals surface area contributed by atoms with Crippen LogP contribution in [0.1, 0.15) is 35.4 Å². The molecule has 0 heterocycles. The van der Waals surface area contributed by atoms with Crippen LogP contribution in [0.15, 0.2) is 47.5 Å². The summed E-state index contributed by atoms with van der Waals surface area (Å²) in [5.41, 5.74) is 10.5. The maximum absolute atomic E-state index is 12.5. The number of guanidine groups is 1. The number of hydrogen-bond donors (Lipinski definition) is 2. The van der Waals surface area contributed by atoms with E-state index < -0.39 is 6.61 Å². The van der Waals surface area contributed by atoms with Crippen LogP contribution in [0.2, 0.25) is 0 Å². The lowest BCUT2D eigenvalue weighted by Gasteiger charge is -2.10. The van der Waals surface area contributed by atoms with E-state index in [0.29, 0.717) is 5.96 Å². The van der Waals surface area contributed by atoms with Crippen LogP contribution in [-0.4, -0.2) is 18.6 Å². The van der Waals surface area contributed by atoms with Gasteiger partial charge in [0.1, 0.15) is 5.75 Å². The topological polar surface area (TPSA) is 59.6 Å². The van der Waals surface area contributed by atoms with Crippen molar-refractivity contribution in [2.75, 3.05) is 5.32 Å². The Morgan fingerprint density at radius 3 is 2.74 bits per heavy atom. The van der Waals surface area contributed by atoms with E-state index in [1.807, 2.05) is 18.2 Å². The van der Waals surface area contributed by atoms with E-state index in [2.05, 4.69) is 27.2 Å². The Kier molecular flexibility index (Phi) is 6.18. The Labute approximate surface area is 174 Å². The molecule has 4 rings (SSSR count). The van der Waals surface area contributed by atoms with Crippen LogP contribution in [-0.2, 0) is 12.8 Å². The van der Waals surface area contributed by atoms with Crippen molar-refractivity contribution < 1.29 is 13.5 Å². The second-order valence-electron chi connectivity index (χ2n) is 6.80. The number of aliphatic imine (C=N–C) groups is 1. The van der Waals surface area contributed by atoms with Crippen molar-refractivity contribution in [3.63, 3.8) is 0 Å². The first-order valence-electron chi connectivity index (χ1n) is 8.86. The molecular formula is C20H22F2IN3O. The monoisotopic (exact) mass is 485 g/mol. The van der Waals surface area contributed by atoms with Gasteiger partial charge in [-0.15, -0.1) is 24.0 Å². The van der Waals surface area contributed by atoms with Crippen molar-refractivity contribution in [3.05, 3.63) is 59.2 Å². The minimum atomic E-state index is -2.83. The van der Waals surface area contributed by atoms with Gasteiger partial charge in [-0.1, -0.05) is 24.3 Å². The molecule has 2 aliphatic carbocycles. The lowest BCUT2D eigenvalue weighted by molar-refractivity contribution is -0.0504. The van der Waals surface area contributed by atoms with Crippen molar-refractivity contribution in [1.82, 2.24) is 0 Å². The fourth-order valence-corrected chi connectivity index (χ4v) is 3.66. The van der Waals surface area contributed by atoms with Crippen LogP contribution in [0.25, 0.3) is 0 Å². The van der Waals surface area contributed by atoms with Crippen LogP contribution < -0.4 is 15.8 Å². The van der Waals surface area contributed by atoms with Gasteiger partial charge in [0.2, 0.25) is 0 Å². The minimum Gasteiger partial charge on any atom is -0.435 e. The van der Waals surface area contributed by atoms with Crippen molar-refractivity contribution in [1.29, 1.82) is 0 Å². The van der Waals surface area contributed by atoms with Crippen molar-refractivity contribution in [2.24, 2.45) is 10.7 Å². The third-order valence-electron chi connectivity index (χ3n) is 4.97. The number of nitrogens with one attached hydrogen (secondary N) is 1. The number of alkyl halides is 2. The molecule has 0 amide bonds. The Bertz CT molecular complexity index is 844. The average molecular weight is 485 g/mol. The molecule has 2 aliphatic rings. The van der Waals surface area contributed by atoms with E-state index in [1.165, 1.54) is 17.5 Å². The SMILES string of the molecule is I.NC(=N[C@H]1C[C@@H]1c1ccccc1OC(F)F)Nc1ccc2c(c1)CCC2. The van der Waals surface area contributed by atoms with Crippen LogP contribution in [0, 0.1) is 0 Å². The van der Waals surface area contributed by atoms with E-state index in [1.54, 1.807) is 12.1 Å². The molecule has 3 N–H and O–H groups in total. The Hall–Kier alpha value is -1.90. The predicted molar refractivity (Wildman–Crippen MR) is 113 cm³/mol. The maximum Gasteiger partial charge on any atom is 0.387 e. The quantitative estimate of drug-likeness (QED) is 0.368. The number of halogens is 3. The summed E-state index contributed by atoms with van der Waals surface area (Å²) in [5, 5.41) is 3.14. The molecule has 0 unspecified atom stereocenters. The fraction of sp³-hybridized carbons (Fsp3) is 0.350. The molecule has 4 nitrogen and oxygen atoms in total. The molecule has 27 heavy (non-hydrogen) atoms. The summed E-state index contributed by atoms with van der Waals surface area (Å²) in [4.78, 5) is 4.50. The highest BCUT2D eigenvalue weighted by Gasteiger charge is 2.40. The minimum absolute atomic E-state index is 0. The molecule has 2 aromatic carbocycles. The first kappa shape index (κ1) is 19.9. The second kappa shape index (κ2) is 8.41. The van der Waals surface area contributed by atoms with Crippen LogP contribution in [0.4, 0.5) is 14.5 Å². The second-order valence-corrected chi connectivity index (χ2v) is 6.80. The number of anilines is 1. The fourth-order valence-electron chi connectivity index (χ4n) is 3.66. The standard InChI is InChI=1S/C20H21F2N3O.HI/c21-19(22)26-18-7-2-1-6-15(18)16-11-17(16)25-20(23)24-14-9-8-12-4-3-5-13(12)10-14;/h1-2,6-10,16-17,19H,3-5,11H2,(H3,23,24,25);1H/t16-,17+;/m1./s1. The summed E-state index contributed by atoms with van der Waals surface area (Å²) in [6, 6.07) is 13.1. The lowest BCUT2D eigenvalue weighted by Crippen LogP contribution is -2.23. The van der Waals surface area contributed by atoms with Gasteiger partial charge in [-0.2, -0.15) is 8.78 Å². The van der Waals surface area contributed by atoms with Gasteiger partial charge in [0.05, 0.1) is 6.04 Å². The molecule has 1 saturated carbocycles. The Morgan fingerprint density at radius 1 is 1.15 bits per heavy atom. The van der Waals surface area contributed by atoms with E-state index in [4.69, 9.17) is 5.73 Å². The van der Waals surface area contributed by atoms with Crippen molar-refractivity contribution in [2.45, 2.75) is 44.3 Å². The summed E-state index contributed by atoms with van der Waals surface area (Å²) in [6.45, 7) is -2.83. The van der Waals surface area contributed by atoms with Gasteiger partial charge >= 0.3 is 6.61 Å². The molecule has 144 valence electrons. The molecule has 7 heteroatoms. The zero-order chi connectivity index (χ0) is 18.1. The highest BCUT2D eigenvalue weighted by atomic mass is 127. The van der Waals surface area contributed by atoms with Crippen LogP contribution in [0.3, 0.4) is 0 Å². The number of para-hydroxylation sites is 1. The predicted octanol–water partition coefficient (Wildman–Crippen LogP) is 4.68. The molecule has 0 aliphatic heterocycles. The Morgan fingerprint density at radius 2 is 1.93 bits per heavy atom. The van der Waals surface area contributed by atoms with E-state index >= 15 is 0 Å². The van der Waals surface area contributed by atoms with Gasteiger partial charge in [0.15, 0.2) is 5.96 Å². The third-order valence-corrected chi connectivity index (χ3v) is 4.97. The number of benzene rings is 2. The normalized spacial score (nSPS) is 20.8. The van der Waals surface area contributed by atoms with E-state index in [-0.39, 0.29) is 41.7 Å². The van der Waals surface area contributed by atoms with Crippen LogP contribution in [0.5, 0.6) is 5.75 Å². The molecule has 2 aromatic rings. The van der Waals surface area contributed by atoms with E-state index in [0.717, 1.165) is 30.5 Å². The van der Waals surface area contributed by atoms with Gasteiger partial charge < -0.3 is 15.8 Å². The molecule has 0 saturated heterocycles. The maximum atomic E-state index is 12.5. The summed E-state index contributed by atoms with van der Waals surface area (Å²) < 4.78 is 29.7. The number of hydrogen-bond acceptors (Lipinski definition) is 2. The first-order valence-corrected chi connectivity index (χ1v) is 8.86. The van der Waals surface area contributed by atoms with Gasteiger partial charge in [-0.3, -0.25) is 0 Å². The van der Waals surface area contributed by atoms with Gasteiger partial charge in [-0.05, 0) is 60.6 Å². The average Bonchev–Trinajstić information content (AvgIpc) is 3.18. The van der Waals surface area contributed by atoms with Crippen molar-refractivity contribution >= 4 is 35.6 Å². The molecule has 0 radical (unpaired) electrons. The number of fused-ring (bicyclic) bond motifs is 1. The highest BCUT2D eigenvalue weighted by Crippen LogP contribution is 2.47. The molecular weight excluding hydrogens is 463 g/mol.